The smallest absolute Gasteiger partial charge is 0.278 e. The van der Waals surface area contributed by atoms with Crippen LogP contribution in [0.2, 0.25) is 0 Å². The highest BCUT2D eigenvalue weighted by atomic mass is 16.6. The van der Waals surface area contributed by atoms with Crippen LogP contribution in [0.25, 0.3) is 12.2 Å². The lowest BCUT2D eigenvalue weighted by atomic mass is 10.1. The molecular weight excluding hydrogens is 228 g/mol. The van der Waals surface area contributed by atoms with Gasteiger partial charge in [-0.15, -0.1) is 0 Å². The van der Waals surface area contributed by atoms with Gasteiger partial charge in [-0.05, 0) is 23.8 Å². The minimum absolute atomic E-state index is 0.0159. The Morgan fingerprint density at radius 3 is 2.44 bits per heavy atom. The summed E-state index contributed by atoms with van der Waals surface area (Å²) in [4.78, 5) is 10.5. The minimum atomic E-state index is -0.430. The second kappa shape index (κ2) is 5.14. The lowest BCUT2D eigenvalue weighted by Crippen LogP contribution is -1.93. The molecule has 2 N–H and O–H groups in total. The van der Waals surface area contributed by atoms with E-state index in [2.05, 4.69) is 0 Å². The molecule has 90 valence electrons. The average molecular weight is 240 g/mol. The molecule has 0 spiro atoms. The molecule has 0 saturated heterocycles. The first kappa shape index (κ1) is 11.9. The second-order valence-electron chi connectivity index (χ2n) is 3.82. The van der Waals surface area contributed by atoms with Crippen molar-refractivity contribution in [1.82, 2.24) is 0 Å². The molecule has 0 bridgehead atoms. The molecule has 4 heteroatoms. The van der Waals surface area contributed by atoms with Gasteiger partial charge in [0.25, 0.3) is 5.69 Å². The van der Waals surface area contributed by atoms with Gasteiger partial charge in [0.05, 0.1) is 10.5 Å². The summed E-state index contributed by atoms with van der Waals surface area (Å²) < 4.78 is 0. The Balaban J connectivity index is 2.35. The largest absolute Gasteiger partial charge is 0.399 e. The van der Waals surface area contributed by atoms with E-state index >= 15 is 0 Å². The summed E-state index contributed by atoms with van der Waals surface area (Å²) in [5, 5.41) is 10.9. The Labute approximate surface area is 105 Å². The van der Waals surface area contributed by atoms with Crippen LogP contribution < -0.4 is 5.73 Å². The van der Waals surface area contributed by atoms with E-state index in [1.54, 1.807) is 18.2 Å². The van der Waals surface area contributed by atoms with E-state index in [1.165, 1.54) is 6.07 Å². The summed E-state index contributed by atoms with van der Waals surface area (Å²) >= 11 is 0. The molecule has 0 fully saturated rings. The van der Waals surface area contributed by atoms with Gasteiger partial charge in [-0.1, -0.05) is 36.4 Å². The normalized spacial score (nSPS) is 10.7. The molecule has 0 radical (unpaired) electrons. The maximum atomic E-state index is 10.9. The molecule has 0 atom stereocenters. The molecular formula is C14H12N2O2. The molecule has 2 aromatic rings. The van der Waals surface area contributed by atoms with Gasteiger partial charge >= 0.3 is 0 Å². The summed E-state index contributed by atoms with van der Waals surface area (Å²) in [7, 11) is 0. The minimum Gasteiger partial charge on any atom is -0.399 e. The predicted molar refractivity (Wildman–Crippen MR) is 72.9 cm³/mol. The van der Waals surface area contributed by atoms with Gasteiger partial charge in [0.1, 0.15) is 0 Å². The second-order valence-corrected chi connectivity index (χ2v) is 3.82. The first-order valence-corrected chi connectivity index (χ1v) is 5.44. The Hall–Kier alpha value is -2.62. The monoisotopic (exact) mass is 240 g/mol. The maximum Gasteiger partial charge on any atom is 0.278 e. The number of hydrogen-bond acceptors (Lipinski definition) is 3. The maximum absolute atomic E-state index is 10.9. The van der Waals surface area contributed by atoms with Crippen molar-refractivity contribution >= 4 is 23.5 Å². The molecule has 0 amide bonds. The van der Waals surface area contributed by atoms with Crippen LogP contribution in [0.3, 0.4) is 0 Å². The number of nitro benzene ring substituents is 1. The summed E-state index contributed by atoms with van der Waals surface area (Å²) in [6.07, 6.45) is 3.55. The van der Waals surface area contributed by atoms with Gasteiger partial charge < -0.3 is 5.73 Å². The van der Waals surface area contributed by atoms with Crippen molar-refractivity contribution in [3.8, 4) is 0 Å². The van der Waals surface area contributed by atoms with E-state index in [9.17, 15) is 10.1 Å². The predicted octanol–water partition coefficient (Wildman–Crippen LogP) is 3.35. The zero-order valence-electron chi connectivity index (χ0n) is 9.61. The van der Waals surface area contributed by atoms with E-state index < -0.39 is 4.92 Å². The number of hydrogen-bond donors (Lipinski definition) is 1. The third-order valence-electron chi connectivity index (χ3n) is 2.51. The summed E-state index contributed by atoms with van der Waals surface area (Å²) in [5.74, 6) is 0. The van der Waals surface area contributed by atoms with E-state index in [0.29, 0.717) is 11.3 Å². The quantitative estimate of drug-likeness (QED) is 0.387. The van der Waals surface area contributed by atoms with Crippen molar-refractivity contribution in [2.24, 2.45) is 0 Å². The number of nitrogens with two attached hydrogens (primary N) is 1. The fraction of sp³-hybridized carbons (Fsp3) is 0. The van der Waals surface area contributed by atoms with Crippen LogP contribution in [0.15, 0.2) is 48.5 Å². The average Bonchev–Trinajstić information content (AvgIpc) is 2.38. The summed E-state index contributed by atoms with van der Waals surface area (Å²) in [6.45, 7) is 0. The van der Waals surface area contributed by atoms with Crippen molar-refractivity contribution in [3.05, 3.63) is 69.8 Å². The molecule has 0 unspecified atom stereocenters. The van der Waals surface area contributed by atoms with Crippen molar-refractivity contribution < 1.29 is 4.92 Å². The van der Waals surface area contributed by atoms with Crippen LogP contribution in [0.4, 0.5) is 11.4 Å². The van der Waals surface area contributed by atoms with Gasteiger partial charge in [0.2, 0.25) is 0 Å². The number of benzene rings is 2. The van der Waals surface area contributed by atoms with Crippen LogP contribution in [0.1, 0.15) is 11.1 Å². The number of rotatable bonds is 3. The van der Waals surface area contributed by atoms with E-state index in [-0.39, 0.29) is 5.69 Å². The standard InChI is InChI=1S/C14H12N2O2/c15-13-9-8-12(14(10-13)16(17)18)7-6-11-4-2-1-3-5-11/h1-10H,15H2/b7-6-. The fourth-order valence-electron chi connectivity index (χ4n) is 1.61. The van der Waals surface area contributed by atoms with Crippen molar-refractivity contribution in [3.63, 3.8) is 0 Å². The van der Waals surface area contributed by atoms with Gasteiger partial charge in [-0.3, -0.25) is 10.1 Å². The number of anilines is 1. The Kier molecular flexibility index (Phi) is 3.38. The van der Waals surface area contributed by atoms with Crippen LogP contribution in [0.5, 0.6) is 0 Å². The number of nitrogens with zero attached hydrogens (tertiary/aromatic N) is 1. The summed E-state index contributed by atoms with van der Waals surface area (Å²) in [5.41, 5.74) is 7.48. The van der Waals surface area contributed by atoms with Gasteiger partial charge in [0, 0.05) is 11.8 Å². The van der Waals surface area contributed by atoms with Gasteiger partial charge in [0.15, 0.2) is 0 Å². The van der Waals surface area contributed by atoms with E-state index in [1.807, 2.05) is 36.4 Å². The molecule has 2 rings (SSSR count). The first-order valence-electron chi connectivity index (χ1n) is 5.44. The highest BCUT2D eigenvalue weighted by molar-refractivity contribution is 5.75. The van der Waals surface area contributed by atoms with Crippen LogP contribution in [-0.2, 0) is 0 Å². The van der Waals surface area contributed by atoms with Crippen LogP contribution >= 0.6 is 0 Å². The van der Waals surface area contributed by atoms with Crippen molar-refractivity contribution in [2.75, 3.05) is 5.73 Å². The summed E-state index contributed by atoms with van der Waals surface area (Å²) in [6, 6.07) is 14.3. The third-order valence-corrected chi connectivity index (χ3v) is 2.51. The first-order chi connectivity index (χ1) is 8.66. The number of nitrogen functional groups attached to an aromatic ring is 1. The molecule has 0 aliphatic rings. The highest BCUT2D eigenvalue weighted by Crippen LogP contribution is 2.23. The molecule has 18 heavy (non-hydrogen) atoms. The topological polar surface area (TPSA) is 69.2 Å². The molecule has 0 heterocycles. The van der Waals surface area contributed by atoms with Crippen LogP contribution in [-0.4, -0.2) is 4.92 Å². The van der Waals surface area contributed by atoms with Gasteiger partial charge in [-0.25, -0.2) is 0 Å². The molecule has 4 nitrogen and oxygen atoms in total. The Morgan fingerprint density at radius 1 is 1.06 bits per heavy atom. The van der Waals surface area contributed by atoms with Crippen molar-refractivity contribution in [2.45, 2.75) is 0 Å². The molecule has 0 aromatic heterocycles. The lowest BCUT2D eigenvalue weighted by Gasteiger charge is -1.99. The molecule has 0 aliphatic heterocycles. The zero-order valence-corrected chi connectivity index (χ0v) is 9.61. The van der Waals surface area contributed by atoms with Gasteiger partial charge in [-0.2, -0.15) is 0 Å². The SMILES string of the molecule is Nc1ccc(/C=C\c2ccccc2)c([N+](=O)[O-])c1. The van der Waals surface area contributed by atoms with Crippen molar-refractivity contribution in [1.29, 1.82) is 0 Å². The molecule has 0 aliphatic carbocycles. The van der Waals surface area contributed by atoms with E-state index in [4.69, 9.17) is 5.73 Å². The Morgan fingerprint density at radius 2 is 1.78 bits per heavy atom. The number of nitro groups is 1. The highest BCUT2D eigenvalue weighted by Gasteiger charge is 2.11. The lowest BCUT2D eigenvalue weighted by molar-refractivity contribution is -0.385. The molecule has 2 aromatic carbocycles. The Bertz CT molecular complexity index is 592. The van der Waals surface area contributed by atoms with Crippen LogP contribution in [0, 0.1) is 10.1 Å². The zero-order chi connectivity index (χ0) is 13.0. The van der Waals surface area contributed by atoms with E-state index in [0.717, 1.165) is 5.56 Å². The molecule has 0 saturated carbocycles. The third kappa shape index (κ3) is 2.74. The fourth-order valence-corrected chi connectivity index (χ4v) is 1.61.